The summed E-state index contributed by atoms with van der Waals surface area (Å²) in [5.41, 5.74) is 7.55. The van der Waals surface area contributed by atoms with E-state index in [1.165, 1.54) is 0 Å². The number of amides is 2. The van der Waals surface area contributed by atoms with E-state index in [1.54, 1.807) is 24.3 Å². The molecule has 2 aromatic rings. The lowest BCUT2D eigenvalue weighted by Gasteiger charge is -2.19. The molecule has 3 rings (SSSR count). The third-order valence-electron chi connectivity index (χ3n) is 4.77. The van der Waals surface area contributed by atoms with E-state index >= 15 is 0 Å². The Bertz CT molecular complexity index is 746. The number of nitrogens with one attached hydrogen (secondary N) is 2. The summed E-state index contributed by atoms with van der Waals surface area (Å²) in [5.74, 6) is -0.0358. The van der Waals surface area contributed by atoms with Gasteiger partial charge < -0.3 is 16.4 Å². The van der Waals surface area contributed by atoms with Crippen molar-refractivity contribution in [3.63, 3.8) is 0 Å². The number of nitrogens with two attached hydrogens (primary N) is 1. The van der Waals surface area contributed by atoms with Crippen molar-refractivity contribution in [2.45, 2.75) is 19.3 Å². The van der Waals surface area contributed by atoms with Gasteiger partial charge in [-0.1, -0.05) is 36.8 Å². The topological polar surface area (TPSA) is 84.2 Å². The fraction of sp³-hybridized carbons (Fsp3) is 0.300. The highest BCUT2D eigenvalue weighted by atomic mass is 16.2. The van der Waals surface area contributed by atoms with E-state index in [-0.39, 0.29) is 23.7 Å². The molecule has 4 N–H and O–H groups in total. The van der Waals surface area contributed by atoms with Crippen LogP contribution in [0.4, 0.5) is 11.4 Å². The molecule has 5 heteroatoms. The maximum absolute atomic E-state index is 12.6. The van der Waals surface area contributed by atoms with Crippen molar-refractivity contribution in [2.75, 3.05) is 17.2 Å². The van der Waals surface area contributed by atoms with Crippen LogP contribution in [0.5, 0.6) is 0 Å². The van der Waals surface area contributed by atoms with Crippen molar-refractivity contribution in [2.24, 2.45) is 17.6 Å². The van der Waals surface area contributed by atoms with Crippen LogP contribution in [0, 0.1) is 11.8 Å². The van der Waals surface area contributed by atoms with Gasteiger partial charge in [-0.2, -0.15) is 0 Å². The third kappa shape index (κ3) is 4.06. The molecule has 0 unspecified atom stereocenters. The van der Waals surface area contributed by atoms with Gasteiger partial charge in [-0.15, -0.1) is 0 Å². The quantitative estimate of drug-likeness (QED) is 0.783. The summed E-state index contributed by atoms with van der Waals surface area (Å²) in [4.78, 5) is 25.0. The van der Waals surface area contributed by atoms with E-state index in [1.807, 2.05) is 30.3 Å². The Hall–Kier alpha value is -2.66. The molecule has 0 heterocycles. The van der Waals surface area contributed by atoms with Gasteiger partial charge in [0.15, 0.2) is 0 Å². The minimum atomic E-state index is -0.206. The lowest BCUT2D eigenvalue weighted by Crippen LogP contribution is -2.30. The van der Waals surface area contributed by atoms with E-state index in [0.717, 1.165) is 19.3 Å². The van der Waals surface area contributed by atoms with Gasteiger partial charge in [0.1, 0.15) is 0 Å². The van der Waals surface area contributed by atoms with Gasteiger partial charge >= 0.3 is 0 Å². The van der Waals surface area contributed by atoms with Crippen LogP contribution in [-0.4, -0.2) is 18.4 Å². The second-order valence-corrected chi connectivity index (χ2v) is 6.39. The van der Waals surface area contributed by atoms with Gasteiger partial charge in [-0.25, -0.2) is 0 Å². The molecular formula is C20H23N3O2. The van der Waals surface area contributed by atoms with Crippen LogP contribution < -0.4 is 16.4 Å². The SMILES string of the molecule is NC[C@H]1CCC[C@H]1C(=O)Nc1ccccc1NC(=O)c1ccccc1. The van der Waals surface area contributed by atoms with Crippen LogP contribution >= 0.6 is 0 Å². The van der Waals surface area contributed by atoms with Crippen LogP contribution in [0.3, 0.4) is 0 Å². The molecule has 1 aliphatic rings. The van der Waals surface area contributed by atoms with Crippen LogP contribution in [0.25, 0.3) is 0 Å². The van der Waals surface area contributed by atoms with E-state index in [4.69, 9.17) is 5.73 Å². The Kier molecular flexibility index (Phi) is 5.46. The summed E-state index contributed by atoms with van der Waals surface area (Å²) in [6.07, 6.45) is 2.90. The van der Waals surface area contributed by atoms with Crippen LogP contribution in [-0.2, 0) is 4.79 Å². The Labute approximate surface area is 147 Å². The molecule has 0 spiro atoms. The van der Waals surface area contributed by atoms with Gasteiger partial charge in [-0.3, -0.25) is 9.59 Å². The van der Waals surface area contributed by atoms with Gasteiger partial charge in [0.2, 0.25) is 5.91 Å². The molecular weight excluding hydrogens is 314 g/mol. The average molecular weight is 337 g/mol. The second kappa shape index (κ2) is 7.94. The zero-order chi connectivity index (χ0) is 17.6. The number of anilines is 2. The highest BCUT2D eigenvalue weighted by Crippen LogP contribution is 2.32. The second-order valence-electron chi connectivity index (χ2n) is 6.39. The van der Waals surface area contributed by atoms with E-state index in [9.17, 15) is 9.59 Å². The summed E-state index contributed by atoms with van der Waals surface area (Å²) in [5, 5.41) is 5.83. The van der Waals surface area contributed by atoms with Gasteiger partial charge in [-0.05, 0) is 49.6 Å². The molecule has 2 atom stereocenters. The lowest BCUT2D eigenvalue weighted by atomic mass is 9.95. The van der Waals surface area contributed by atoms with Crippen molar-refractivity contribution in [1.29, 1.82) is 0 Å². The number of carbonyl (C=O) groups excluding carboxylic acids is 2. The Morgan fingerprint density at radius 1 is 0.920 bits per heavy atom. The summed E-state index contributed by atoms with van der Waals surface area (Å²) < 4.78 is 0. The van der Waals surface area contributed by atoms with Crippen molar-refractivity contribution >= 4 is 23.2 Å². The number of para-hydroxylation sites is 2. The number of carbonyl (C=O) groups is 2. The molecule has 130 valence electrons. The molecule has 2 aromatic carbocycles. The fourth-order valence-corrected chi connectivity index (χ4v) is 3.37. The lowest BCUT2D eigenvalue weighted by molar-refractivity contribution is -0.120. The summed E-state index contributed by atoms with van der Waals surface area (Å²) in [6.45, 7) is 0.532. The molecule has 5 nitrogen and oxygen atoms in total. The maximum Gasteiger partial charge on any atom is 0.255 e. The zero-order valence-corrected chi connectivity index (χ0v) is 14.1. The number of rotatable bonds is 5. The monoisotopic (exact) mass is 337 g/mol. The molecule has 1 fully saturated rings. The number of benzene rings is 2. The molecule has 0 aliphatic heterocycles. The average Bonchev–Trinajstić information content (AvgIpc) is 3.13. The van der Waals surface area contributed by atoms with Gasteiger partial charge in [0.25, 0.3) is 5.91 Å². The smallest absolute Gasteiger partial charge is 0.255 e. The number of hydrogen-bond donors (Lipinski definition) is 3. The zero-order valence-electron chi connectivity index (χ0n) is 14.1. The highest BCUT2D eigenvalue weighted by molar-refractivity contribution is 6.07. The first kappa shape index (κ1) is 17.2. The van der Waals surface area contributed by atoms with E-state index < -0.39 is 0 Å². The van der Waals surface area contributed by atoms with Gasteiger partial charge in [0, 0.05) is 11.5 Å². The van der Waals surface area contributed by atoms with Crippen LogP contribution in [0.15, 0.2) is 54.6 Å². The highest BCUT2D eigenvalue weighted by Gasteiger charge is 2.32. The Balaban J connectivity index is 1.73. The van der Waals surface area contributed by atoms with Crippen molar-refractivity contribution < 1.29 is 9.59 Å². The molecule has 0 bridgehead atoms. The molecule has 1 saturated carbocycles. The predicted octanol–water partition coefficient (Wildman–Crippen LogP) is 3.25. The Morgan fingerprint density at radius 2 is 1.56 bits per heavy atom. The first-order valence-electron chi connectivity index (χ1n) is 8.65. The maximum atomic E-state index is 12.6. The minimum absolute atomic E-state index is 0.0191. The summed E-state index contributed by atoms with van der Waals surface area (Å²) >= 11 is 0. The molecule has 0 aromatic heterocycles. The first-order chi connectivity index (χ1) is 12.2. The van der Waals surface area contributed by atoms with E-state index in [0.29, 0.717) is 23.5 Å². The predicted molar refractivity (Wildman–Crippen MR) is 99.4 cm³/mol. The van der Waals surface area contributed by atoms with E-state index in [2.05, 4.69) is 10.6 Å². The fourth-order valence-electron chi connectivity index (χ4n) is 3.37. The van der Waals surface area contributed by atoms with Crippen molar-refractivity contribution in [3.8, 4) is 0 Å². The summed E-state index contributed by atoms with van der Waals surface area (Å²) in [7, 11) is 0. The molecule has 0 radical (unpaired) electrons. The van der Waals surface area contributed by atoms with Gasteiger partial charge in [0.05, 0.1) is 11.4 Å². The molecule has 2 amide bonds. The van der Waals surface area contributed by atoms with Crippen LogP contribution in [0.2, 0.25) is 0 Å². The molecule has 0 saturated heterocycles. The van der Waals surface area contributed by atoms with Crippen LogP contribution in [0.1, 0.15) is 29.6 Å². The summed E-state index contributed by atoms with van der Waals surface area (Å²) in [6, 6.07) is 16.2. The minimum Gasteiger partial charge on any atom is -0.330 e. The third-order valence-corrected chi connectivity index (χ3v) is 4.77. The first-order valence-corrected chi connectivity index (χ1v) is 8.65. The molecule has 25 heavy (non-hydrogen) atoms. The Morgan fingerprint density at radius 3 is 2.24 bits per heavy atom. The normalized spacial score (nSPS) is 19.4. The standard InChI is InChI=1S/C20H23N3O2/c21-13-15-9-6-10-16(15)20(25)23-18-12-5-4-11-17(18)22-19(24)14-7-2-1-3-8-14/h1-5,7-8,11-12,15-16H,6,9-10,13,21H2,(H,22,24)(H,23,25)/t15-,16-/m1/s1. The number of hydrogen-bond acceptors (Lipinski definition) is 3. The van der Waals surface area contributed by atoms with Crippen molar-refractivity contribution in [3.05, 3.63) is 60.2 Å². The molecule has 1 aliphatic carbocycles. The largest absolute Gasteiger partial charge is 0.330 e. The van der Waals surface area contributed by atoms with Crippen molar-refractivity contribution in [1.82, 2.24) is 0 Å².